The van der Waals surface area contributed by atoms with Gasteiger partial charge >= 0.3 is 0 Å². The van der Waals surface area contributed by atoms with Crippen LogP contribution in [0.1, 0.15) is 12.2 Å². The molecule has 1 aromatic heterocycles. The number of aryl methyl sites for hydroxylation is 1. The average Bonchev–Trinajstić information content (AvgIpc) is 2.15. The molecule has 0 spiro atoms. The SMILES string of the molecule is Cc1nccc(S(=O)(=O)CCCCl)n1. The number of nitrogens with zero attached hydrogens (tertiary/aromatic N) is 2. The minimum absolute atomic E-state index is 0.0347. The number of hydrogen-bond acceptors (Lipinski definition) is 4. The highest BCUT2D eigenvalue weighted by Crippen LogP contribution is 2.08. The fourth-order valence-corrected chi connectivity index (χ4v) is 2.52. The molecule has 1 rings (SSSR count). The van der Waals surface area contributed by atoms with Gasteiger partial charge in [0.1, 0.15) is 5.82 Å². The zero-order valence-electron chi connectivity index (χ0n) is 7.77. The van der Waals surface area contributed by atoms with Gasteiger partial charge in [-0.1, -0.05) is 0 Å². The first-order chi connectivity index (χ1) is 6.56. The first-order valence-electron chi connectivity index (χ1n) is 4.14. The third-order valence-electron chi connectivity index (χ3n) is 1.62. The van der Waals surface area contributed by atoms with Crippen molar-refractivity contribution in [3.63, 3.8) is 0 Å². The van der Waals surface area contributed by atoms with E-state index in [0.717, 1.165) is 0 Å². The van der Waals surface area contributed by atoms with E-state index in [2.05, 4.69) is 9.97 Å². The van der Waals surface area contributed by atoms with Gasteiger partial charge in [0.05, 0.1) is 5.75 Å². The van der Waals surface area contributed by atoms with Crippen LogP contribution in [-0.4, -0.2) is 30.0 Å². The van der Waals surface area contributed by atoms with Crippen LogP contribution in [0.25, 0.3) is 0 Å². The molecule has 0 unspecified atom stereocenters. The fourth-order valence-electron chi connectivity index (χ4n) is 0.957. The molecule has 0 bridgehead atoms. The van der Waals surface area contributed by atoms with E-state index in [9.17, 15) is 8.42 Å². The predicted octanol–water partition coefficient (Wildman–Crippen LogP) is 1.19. The number of sulfone groups is 1. The van der Waals surface area contributed by atoms with E-state index in [1.54, 1.807) is 6.92 Å². The smallest absolute Gasteiger partial charge is 0.195 e. The summed E-state index contributed by atoms with van der Waals surface area (Å²) in [5.74, 6) is 0.827. The van der Waals surface area contributed by atoms with E-state index in [4.69, 9.17) is 11.6 Å². The summed E-state index contributed by atoms with van der Waals surface area (Å²) in [6.45, 7) is 1.65. The number of halogens is 1. The largest absolute Gasteiger partial charge is 0.242 e. The molecule has 0 radical (unpaired) electrons. The summed E-state index contributed by atoms with van der Waals surface area (Å²) in [6.07, 6.45) is 1.88. The zero-order chi connectivity index (χ0) is 10.6. The van der Waals surface area contributed by atoms with Crippen molar-refractivity contribution in [2.24, 2.45) is 0 Å². The lowest BCUT2D eigenvalue weighted by molar-refractivity contribution is 0.590. The standard InChI is InChI=1S/C8H11ClN2O2S/c1-7-10-5-3-8(11-7)14(12,13)6-2-4-9/h3,5H,2,4,6H2,1H3. The molecule has 4 nitrogen and oxygen atoms in total. The number of hydrogen-bond donors (Lipinski definition) is 0. The quantitative estimate of drug-likeness (QED) is 0.580. The third-order valence-corrected chi connectivity index (χ3v) is 3.57. The van der Waals surface area contributed by atoms with E-state index in [1.807, 2.05) is 0 Å². The summed E-state index contributed by atoms with van der Waals surface area (Å²) in [6, 6.07) is 1.40. The Bertz CT molecular complexity index is 406. The highest BCUT2D eigenvalue weighted by molar-refractivity contribution is 7.91. The second-order valence-corrected chi connectivity index (χ2v) is 5.24. The Morgan fingerprint density at radius 3 is 2.79 bits per heavy atom. The summed E-state index contributed by atoms with van der Waals surface area (Å²) in [5.41, 5.74) is 0. The van der Waals surface area contributed by atoms with Crippen LogP contribution in [0, 0.1) is 6.92 Å². The van der Waals surface area contributed by atoms with Crippen LogP contribution in [0.4, 0.5) is 0 Å². The molecule has 0 saturated heterocycles. The molecule has 1 heterocycles. The van der Waals surface area contributed by atoms with Crippen LogP contribution in [-0.2, 0) is 9.84 Å². The molecule has 0 aliphatic rings. The van der Waals surface area contributed by atoms with Gasteiger partial charge < -0.3 is 0 Å². The van der Waals surface area contributed by atoms with Crippen molar-refractivity contribution in [1.82, 2.24) is 9.97 Å². The normalized spacial score (nSPS) is 11.6. The Kier molecular flexibility index (Phi) is 3.83. The Hall–Kier alpha value is -0.680. The third kappa shape index (κ3) is 2.92. The molecular formula is C8H11ClN2O2S. The summed E-state index contributed by atoms with van der Waals surface area (Å²) in [7, 11) is -3.28. The molecule has 6 heteroatoms. The summed E-state index contributed by atoms with van der Waals surface area (Å²) in [4.78, 5) is 7.69. The second kappa shape index (κ2) is 4.70. The molecule has 0 aliphatic carbocycles. The maximum atomic E-state index is 11.6. The maximum Gasteiger partial charge on any atom is 0.195 e. The number of aromatic nitrogens is 2. The van der Waals surface area contributed by atoms with Gasteiger partial charge in [0, 0.05) is 12.1 Å². The van der Waals surface area contributed by atoms with Gasteiger partial charge in [-0.15, -0.1) is 11.6 Å². The van der Waals surface area contributed by atoms with Gasteiger partial charge in [0.25, 0.3) is 0 Å². The molecule has 1 aromatic rings. The van der Waals surface area contributed by atoms with Crippen LogP contribution in [0.5, 0.6) is 0 Å². The zero-order valence-corrected chi connectivity index (χ0v) is 9.35. The van der Waals surface area contributed by atoms with Gasteiger partial charge in [-0.3, -0.25) is 0 Å². The van der Waals surface area contributed by atoms with E-state index in [1.165, 1.54) is 12.3 Å². The predicted molar refractivity (Wildman–Crippen MR) is 54.2 cm³/mol. The molecule has 0 atom stereocenters. The van der Waals surface area contributed by atoms with Crippen molar-refractivity contribution in [2.45, 2.75) is 18.4 Å². The molecule has 0 saturated carbocycles. The van der Waals surface area contributed by atoms with Crippen LogP contribution in [0.3, 0.4) is 0 Å². The molecule has 0 fully saturated rings. The minimum Gasteiger partial charge on any atom is -0.242 e. The molecule has 78 valence electrons. The van der Waals surface area contributed by atoms with Gasteiger partial charge in [-0.2, -0.15) is 0 Å². The highest BCUT2D eigenvalue weighted by Gasteiger charge is 2.15. The lowest BCUT2D eigenvalue weighted by atomic mass is 10.6. The first-order valence-corrected chi connectivity index (χ1v) is 6.33. The average molecular weight is 235 g/mol. The summed E-state index contributed by atoms with van der Waals surface area (Å²) >= 11 is 5.43. The molecule has 0 N–H and O–H groups in total. The lowest BCUT2D eigenvalue weighted by Crippen LogP contribution is -2.10. The number of alkyl halides is 1. The first kappa shape index (κ1) is 11.4. The fraction of sp³-hybridized carbons (Fsp3) is 0.500. The van der Waals surface area contributed by atoms with E-state index in [0.29, 0.717) is 18.1 Å². The van der Waals surface area contributed by atoms with E-state index in [-0.39, 0.29) is 10.8 Å². The van der Waals surface area contributed by atoms with Crippen molar-refractivity contribution in [3.8, 4) is 0 Å². The van der Waals surface area contributed by atoms with Crippen LogP contribution < -0.4 is 0 Å². The Morgan fingerprint density at radius 1 is 1.50 bits per heavy atom. The molecule has 0 amide bonds. The maximum absolute atomic E-state index is 11.6. The monoisotopic (exact) mass is 234 g/mol. The van der Waals surface area contributed by atoms with Gasteiger partial charge in [-0.25, -0.2) is 18.4 Å². The van der Waals surface area contributed by atoms with Gasteiger partial charge in [0.2, 0.25) is 0 Å². The Labute approximate surface area is 88.3 Å². The molecule has 14 heavy (non-hydrogen) atoms. The molecule has 0 aromatic carbocycles. The van der Waals surface area contributed by atoms with Crippen molar-refractivity contribution in [1.29, 1.82) is 0 Å². The van der Waals surface area contributed by atoms with Crippen molar-refractivity contribution in [2.75, 3.05) is 11.6 Å². The van der Waals surface area contributed by atoms with Gasteiger partial charge in [-0.05, 0) is 19.4 Å². The van der Waals surface area contributed by atoms with Crippen LogP contribution in [0.15, 0.2) is 17.3 Å². The van der Waals surface area contributed by atoms with Crippen LogP contribution >= 0.6 is 11.6 Å². The van der Waals surface area contributed by atoms with E-state index < -0.39 is 9.84 Å². The Balaban J connectivity index is 2.93. The summed E-state index contributed by atoms with van der Waals surface area (Å²) < 4.78 is 23.2. The Morgan fingerprint density at radius 2 is 2.21 bits per heavy atom. The topological polar surface area (TPSA) is 59.9 Å². The number of rotatable bonds is 4. The lowest BCUT2D eigenvalue weighted by Gasteiger charge is -2.01. The van der Waals surface area contributed by atoms with Gasteiger partial charge in [0.15, 0.2) is 14.9 Å². The van der Waals surface area contributed by atoms with Crippen molar-refractivity contribution < 1.29 is 8.42 Å². The van der Waals surface area contributed by atoms with Crippen molar-refractivity contribution in [3.05, 3.63) is 18.1 Å². The van der Waals surface area contributed by atoms with Crippen molar-refractivity contribution >= 4 is 21.4 Å². The summed E-state index contributed by atoms with van der Waals surface area (Å²) in [5, 5.41) is 0.0788. The van der Waals surface area contributed by atoms with E-state index >= 15 is 0 Å². The highest BCUT2D eigenvalue weighted by atomic mass is 35.5. The van der Waals surface area contributed by atoms with Crippen LogP contribution in [0.2, 0.25) is 0 Å². The minimum atomic E-state index is -3.28. The second-order valence-electron chi connectivity index (χ2n) is 2.80. The molecule has 0 aliphatic heterocycles. The molecular weight excluding hydrogens is 224 g/mol.